The monoisotopic (exact) mass is 347 g/mol. The first-order valence-electron chi connectivity index (χ1n) is 7.74. The molecule has 1 aliphatic heterocycles. The van der Waals surface area contributed by atoms with Crippen molar-refractivity contribution in [2.45, 2.75) is 19.1 Å². The molecule has 0 N–H and O–H groups in total. The van der Waals surface area contributed by atoms with E-state index in [1.807, 2.05) is 30.3 Å². The summed E-state index contributed by atoms with van der Waals surface area (Å²) in [4.78, 5) is 21.9. The van der Waals surface area contributed by atoms with Crippen LogP contribution >= 0.6 is 11.6 Å². The van der Waals surface area contributed by atoms with Gasteiger partial charge in [0.1, 0.15) is 12.7 Å². The normalized spacial score (nSPS) is 17.0. The van der Waals surface area contributed by atoms with Gasteiger partial charge in [-0.1, -0.05) is 41.9 Å². The first kappa shape index (κ1) is 16.7. The van der Waals surface area contributed by atoms with Crippen molar-refractivity contribution in [1.29, 1.82) is 0 Å². The van der Waals surface area contributed by atoms with Gasteiger partial charge in [0.15, 0.2) is 0 Å². The Bertz CT molecular complexity index is 667. The van der Waals surface area contributed by atoms with Crippen LogP contribution in [0.15, 0.2) is 42.7 Å². The van der Waals surface area contributed by atoms with E-state index in [9.17, 15) is 4.79 Å². The lowest BCUT2D eigenvalue weighted by Gasteiger charge is -2.16. The maximum absolute atomic E-state index is 12.2. The Kier molecular flexibility index (Phi) is 5.61. The van der Waals surface area contributed by atoms with Gasteiger partial charge in [-0.3, -0.25) is 4.79 Å². The Labute approximate surface area is 145 Å². The number of rotatable bonds is 6. The van der Waals surface area contributed by atoms with Crippen molar-refractivity contribution in [3.63, 3.8) is 0 Å². The van der Waals surface area contributed by atoms with E-state index in [1.165, 1.54) is 12.4 Å². The molecule has 3 rings (SSSR count). The second kappa shape index (κ2) is 8.08. The standard InChI is InChI=1S/C17H18ClN3O3/c18-14-8-19-17(20-9-14)24-15-6-7-21(10-15)16(22)12-23-11-13-4-2-1-3-5-13/h1-5,8-9,15H,6-7,10-12H2. The zero-order valence-electron chi connectivity index (χ0n) is 13.1. The predicted octanol–water partition coefficient (Wildman–Crippen LogP) is 2.33. The van der Waals surface area contributed by atoms with Crippen molar-refractivity contribution in [1.82, 2.24) is 14.9 Å². The topological polar surface area (TPSA) is 64.5 Å². The maximum Gasteiger partial charge on any atom is 0.316 e. The molecule has 126 valence electrons. The molecule has 1 saturated heterocycles. The van der Waals surface area contributed by atoms with Crippen LogP contribution in [0, 0.1) is 0 Å². The van der Waals surface area contributed by atoms with Gasteiger partial charge in [-0.05, 0) is 5.56 Å². The SMILES string of the molecule is O=C(COCc1ccccc1)N1CCC(Oc2ncc(Cl)cn2)C1. The molecule has 24 heavy (non-hydrogen) atoms. The average Bonchev–Trinajstić information content (AvgIpc) is 3.06. The summed E-state index contributed by atoms with van der Waals surface area (Å²) in [7, 11) is 0. The molecule has 2 aromatic rings. The second-order valence-electron chi connectivity index (χ2n) is 5.53. The van der Waals surface area contributed by atoms with Crippen LogP contribution in [0.25, 0.3) is 0 Å². The minimum Gasteiger partial charge on any atom is -0.458 e. The van der Waals surface area contributed by atoms with Crippen LogP contribution in [-0.2, 0) is 16.1 Å². The van der Waals surface area contributed by atoms with Gasteiger partial charge in [0.2, 0.25) is 5.91 Å². The molecule has 7 heteroatoms. The summed E-state index contributed by atoms with van der Waals surface area (Å²) in [6, 6.07) is 10.1. The van der Waals surface area contributed by atoms with E-state index < -0.39 is 0 Å². The van der Waals surface area contributed by atoms with Crippen LogP contribution in [0.3, 0.4) is 0 Å². The van der Waals surface area contributed by atoms with Crippen molar-refractivity contribution in [2.24, 2.45) is 0 Å². The van der Waals surface area contributed by atoms with Crippen molar-refractivity contribution < 1.29 is 14.3 Å². The molecular weight excluding hydrogens is 330 g/mol. The Morgan fingerprint density at radius 3 is 2.75 bits per heavy atom. The molecule has 0 saturated carbocycles. The summed E-state index contributed by atoms with van der Waals surface area (Å²) in [5.74, 6) is -0.0333. The molecule has 0 radical (unpaired) electrons. The molecule has 1 aromatic heterocycles. The largest absolute Gasteiger partial charge is 0.458 e. The van der Waals surface area contributed by atoms with Gasteiger partial charge >= 0.3 is 6.01 Å². The molecule has 1 amide bonds. The number of halogens is 1. The molecule has 1 fully saturated rings. The first-order chi connectivity index (χ1) is 11.7. The van der Waals surface area contributed by atoms with Crippen LogP contribution in [0.2, 0.25) is 5.02 Å². The molecule has 2 heterocycles. The van der Waals surface area contributed by atoms with Crippen LogP contribution < -0.4 is 4.74 Å². The van der Waals surface area contributed by atoms with Gasteiger partial charge in [-0.25, -0.2) is 9.97 Å². The highest BCUT2D eigenvalue weighted by Crippen LogP contribution is 2.16. The summed E-state index contributed by atoms with van der Waals surface area (Å²) in [5, 5.41) is 0.459. The summed E-state index contributed by atoms with van der Waals surface area (Å²) < 4.78 is 11.2. The molecule has 0 spiro atoms. The summed E-state index contributed by atoms with van der Waals surface area (Å²) in [6.45, 7) is 1.66. The molecule has 6 nitrogen and oxygen atoms in total. The van der Waals surface area contributed by atoms with Gasteiger partial charge in [0.05, 0.1) is 30.6 Å². The fourth-order valence-electron chi connectivity index (χ4n) is 2.48. The number of hydrogen-bond acceptors (Lipinski definition) is 5. The Morgan fingerprint density at radius 2 is 2.00 bits per heavy atom. The predicted molar refractivity (Wildman–Crippen MR) is 88.8 cm³/mol. The number of aromatic nitrogens is 2. The third-order valence-electron chi connectivity index (χ3n) is 3.70. The molecule has 1 aromatic carbocycles. The smallest absolute Gasteiger partial charge is 0.316 e. The number of carbonyl (C=O) groups is 1. The number of hydrogen-bond donors (Lipinski definition) is 0. The second-order valence-corrected chi connectivity index (χ2v) is 5.97. The molecule has 0 bridgehead atoms. The van der Waals surface area contributed by atoms with Gasteiger partial charge in [-0.15, -0.1) is 0 Å². The molecular formula is C17H18ClN3O3. The average molecular weight is 348 g/mol. The van der Waals surface area contributed by atoms with Crippen molar-refractivity contribution in [3.8, 4) is 6.01 Å². The summed E-state index contributed by atoms with van der Waals surface area (Å²) in [5.41, 5.74) is 1.05. The third-order valence-corrected chi connectivity index (χ3v) is 3.90. The van der Waals surface area contributed by atoms with Gasteiger partial charge in [0.25, 0.3) is 0 Å². The van der Waals surface area contributed by atoms with E-state index in [0.29, 0.717) is 24.7 Å². The molecule has 1 atom stereocenters. The highest BCUT2D eigenvalue weighted by atomic mass is 35.5. The minimum absolute atomic E-state index is 0.0333. The Morgan fingerprint density at radius 1 is 1.25 bits per heavy atom. The number of carbonyl (C=O) groups excluding carboxylic acids is 1. The van der Waals surface area contributed by atoms with Crippen LogP contribution in [0.4, 0.5) is 0 Å². The van der Waals surface area contributed by atoms with Crippen molar-refractivity contribution in [2.75, 3.05) is 19.7 Å². The highest BCUT2D eigenvalue weighted by molar-refractivity contribution is 6.30. The van der Waals surface area contributed by atoms with Crippen LogP contribution in [-0.4, -0.2) is 46.6 Å². The van der Waals surface area contributed by atoms with Gasteiger partial charge in [-0.2, -0.15) is 0 Å². The van der Waals surface area contributed by atoms with Crippen molar-refractivity contribution in [3.05, 3.63) is 53.3 Å². The number of benzene rings is 1. The zero-order valence-corrected chi connectivity index (χ0v) is 13.9. The zero-order chi connectivity index (χ0) is 16.8. The highest BCUT2D eigenvalue weighted by Gasteiger charge is 2.28. The van der Waals surface area contributed by atoms with E-state index in [4.69, 9.17) is 21.1 Å². The lowest BCUT2D eigenvalue weighted by Crippen LogP contribution is -2.33. The molecule has 0 aliphatic carbocycles. The van der Waals surface area contributed by atoms with E-state index >= 15 is 0 Å². The van der Waals surface area contributed by atoms with E-state index in [2.05, 4.69) is 9.97 Å². The molecule has 1 unspecified atom stereocenters. The van der Waals surface area contributed by atoms with E-state index in [-0.39, 0.29) is 24.6 Å². The third kappa shape index (κ3) is 4.66. The fraction of sp³-hybridized carbons (Fsp3) is 0.353. The number of nitrogens with zero attached hydrogens (tertiary/aromatic N) is 3. The lowest BCUT2D eigenvalue weighted by molar-refractivity contribution is -0.135. The number of likely N-dealkylation sites (tertiary alicyclic amines) is 1. The minimum atomic E-state index is -0.107. The first-order valence-corrected chi connectivity index (χ1v) is 8.12. The quantitative estimate of drug-likeness (QED) is 0.802. The van der Waals surface area contributed by atoms with Gasteiger partial charge < -0.3 is 14.4 Å². The maximum atomic E-state index is 12.2. The molecule has 1 aliphatic rings. The van der Waals surface area contributed by atoms with Crippen molar-refractivity contribution >= 4 is 17.5 Å². The van der Waals surface area contributed by atoms with Gasteiger partial charge in [0, 0.05) is 13.0 Å². The lowest BCUT2D eigenvalue weighted by atomic mass is 10.2. The Balaban J connectivity index is 1.41. The summed E-state index contributed by atoms with van der Waals surface area (Å²) in [6.07, 6.45) is 3.61. The van der Waals surface area contributed by atoms with Crippen LogP contribution in [0.1, 0.15) is 12.0 Å². The number of ether oxygens (including phenoxy) is 2. The van der Waals surface area contributed by atoms with E-state index in [0.717, 1.165) is 12.0 Å². The summed E-state index contributed by atoms with van der Waals surface area (Å²) >= 11 is 5.74. The Hall–Kier alpha value is -2.18. The number of amides is 1. The van der Waals surface area contributed by atoms with Crippen LogP contribution in [0.5, 0.6) is 6.01 Å². The van der Waals surface area contributed by atoms with E-state index in [1.54, 1.807) is 4.90 Å². The fourth-order valence-corrected chi connectivity index (χ4v) is 2.58.